The van der Waals surface area contributed by atoms with Gasteiger partial charge in [0, 0.05) is 5.56 Å². The number of hydrogen-bond donors (Lipinski definition) is 1. The molecular formula is C16H17F2NO2. The van der Waals surface area contributed by atoms with Crippen molar-refractivity contribution in [2.24, 2.45) is 0 Å². The lowest BCUT2D eigenvalue weighted by atomic mass is 10.1. The van der Waals surface area contributed by atoms with Gasteiger partial charge in [0.15, 0.2) is 0 Å². The molecule has 0 aromatic heterocycles. The van der Waals surface area contributed by atoms with E-state index < -0.39 is 6.61 Å². The summed E-state index contributed by atoms with van der Waals surface area (Å²) in [7, 11) is 0. The van der Waals surface area contributed by atoms with Crippen LogP contribution in [-0.4, -0.2) is 6.61 Å². The van der Waals surface area contributed by atoms with Crippen LogP contribution in [0.15, 0.2) is 54.6 Å². The van der Waals surface area contributed by atoms with Crippen LogP contribution in [0.5, 0.6) is 5.75 Å². The lowest BCUT2D eigenvalue weighted by Gasteiger charge is -2.17. The van der Waals surface area contributed by atoms with Crippen LogP contribution in [0.25, 0.3) is 0 Å². The molecule has 0 saturated carbocycles. The average molecular weight is 293 g/mol. The molecule has 0 bridgehead atoms. The van der Waals surface area contributed by atoms with Gasteiger partial charge in [0.25, 0.3) is 0 Å². The summed E-state index contributed by atoms with van der Waals surface area (Å²) in [5.41, 5.74) is 4.48. The number of para-hydroxylation sites is 1. The summed E-state index contributed by atoms with van der Waals surface area (Å²) in [6.07, 6.45) is 0. The SMILES string of the molecule is CC(NOCc1ccccc1)c1ccccc1OC(F)F. The number of benzene rings is 2. The van der Waals surface area contributed by atoms with Crippen molar-refractivity contribution in [3.63, 3.8) is 0 Å². The Hall–Kier alpha value is -1.98. The van der Waals surface area contributed by atoms with Gasteiger partial charge in [0.05, 0.1) is 12.6 Å². The van der Waals surface area contributed by atoms with Gasteiger partial charge in [-0.3, -0.25) is 4.84 Å². The van der Waals surface area contributed by atoms with E-state index in [4.69, 9.17) is 4.84 Å². The summed E-state index contributed by atoms with van der Waals surface area (Å²) < 4.78 is 29.2. The second kappa shape index (κ2) is 7.71. The van der Waals surface area contributed by atoms with Crippen LogP contribution in [0.1, 0.15) is 24.1 Å². The van der Waals surface area contributed by atoms with Crippen LogP contribution in [0, 0.1) is 0 Å². The van der Waals surface area contributed by atoms with Crippen LogP contribution in [0.2, 0.25) is 0 Å². The molecule has 0 aliphatic carbocycles. The maximum atomic E-state index is 12.4. The van der Waals surface area contributed by atoms with Gasteiger partial charge in [-0.25, -0.2) is 0 Å². The largest absolute Gasteiger partial charge is 0.434 e. The molecule has 5 heteroatoms. The highest BCUT2D eigenvalue weighted by Gasteiger charge is 2.14. The first-order valence-corrected chi connectivity index (χ1v) is 6.62. The van der Waals surface area contributed by atoms with Crippen molar-refractivity contribution in [2.75, 3.05) is 0 Å². The third kappa shape index (κ3) is 4.81. The zero-order valence-electron chi connectivity index (χ0n) is 11.6. The second-order valence-corrected chi connectivity index (χ2v) is 4.53. The molecule has 3 nitrogen and oxygen atoms in total. The first-order valence-electron chi connectivity index (χ1n) is 6.62. The van der Waals surface area contributed by atoms with Crippen LogP contribution < -0.4 is 10.2 Å². The minimum Gasteiger partial charge on any atom is -0.434 e. The average Bonchev–Trinajstić information content (AvgIpc) is 2.48. The predicted molar refractivity (Wildman–Crippen MR) is 75.9 cm³/mol. The maximum Gasteiger partial charge on any atom is 0.387 e. The summed E-state index contributed by atoms with van der Waals surface area (Å²) in [6.45, 7) is -0.634. The molecule has 0 fully saturated rings. The Balaban J connectivity index is 1.92. The molecule has 0 aliphatic rings. The van der Waals surface area contributed by atoms with E-state index >= 15 is 0 Å². The van der Waals surface area contributed by atoms with E-state index in [1.165, 1.54) is 6.07 Å². The van der Waals surface area contributed by atoms with E-state index in [1.54, 1.807) is 18.2 Å². The topological polar surface area (TPSA) is 30.5 Å². The Morgan fingerprint density at radius 1 is 1.00 bits per heavy atom. The van der Waals surface area contributed by atoms with Gasteiger partial charge in [-0.1, -0.05) is 48.5 Å². The van der Waals surface area contributed by atoms with E-state index in [1.807, 2.05) is 37.3 Å². The first kappa shape index (κ1) is 15.4. The van der Waals surface area contributed by atoms with Crippen molar-refractivity contribution in [3.8, 4) is 5.75 Å². The van der Waals surface area contributed by atoms with Gasteiger partial charge < -0.3 is 4.74 Å². The fourth-order valence-corrected chi connectivity index (χ4v) is 1.93. The fourth-order valence-electron chi connectivity index (χ4n) is 1.93. The monoisotopic (exact) mass is 293 g/mol. The summed E-state index contributed by atoms with van der Waals surface area (Å²) in [6, 6.07) is 16.0. The van der Waals surface area contributed by atoms with Crippen molar-refractivity contribution in [2.45, 2.75) is 26.2 Å². The summed E-state index contributed by atoms with van der Waals surface area (Å²) in [4.78, 5) is 5.40. The molecule has 0 radical (unpaired) electrons. The van der Waals surface area contributed by atoms with Crippen molar-refractivity contribution in [1.82, 2.24) is 5.48 Å². The van der Waals surface area contributed by atoms with Gasteiger partial charge in [-0.2, -0.15) is 14.3 Å². The number of ether oxygens (including phenoxy) is 1. The molecule has 2 aromatic carbocycles. The summed E-state index contributed by atoms with van der Waals surface area (Å²) in [5.74, 6) is 0.149. The van der Waals surface area contributed by atoms with Gasteiger partial charge in [0.1, 0.15) is 5.75 Å². The molecule has 0 aliphatic heterocycles. The van der Waals surface area contributed by atoms with Crippen molar-refractivity contribution in [3.05, 3.63) is 65.7 Å². The quantitative estimate of drug-likeness (QED) is 0.781. The predicted octanol–water partition coefficient (Wildman–Crippen LogP) is 4.07. The Labute approximate surface area is 122 Å². The highest BCUT2D eigenvalue weighted by Crippen LogP contribution is 2.26. The number of hydroxylamine groups is 1. The Morgan fingerprint density at radius 3 is 2.38 bits per heavy atom. The Morgan fingerprint density at radius 2 is 1.67 bits per heavy atom. The third-order valence-corrected chi connectivity index (χ3v) is 2.94. The van der Waals surface area contributed by atoms with E-state index in [-0.39, 0.29) is 11.8 Å². The van der Waals surface area contributed by atoms with Crippen LogP contribution >= 0.6 is 0 Å². The van der Waals surface area contributed by atoms with E-state index in [9.17, 15) is 8.78 Å². The number of hydrogen-bond acceptors (Lipinski definition) is 3. The molecule has 1 unspecified atom stereocenters. The standard InChI is InChI=1S/C16H17F2NO2/c1-12(19-20-11-13-7-3-2-4-8-13)14-9-5-6-10-15(14)21-16(17)18/h2-10,12,16,19H,11H2,1H3. The molecule has 21 heavy (non-hydrogen) atoms. The zero-order valence-corrected chi connectivity index (χ0v) is 11.6. The summed E-state index contributed by atoms with van der Waals surface area (Å²) in [5, 5.41) is 0. The summed E-state index contributed by atoms with van der Waals surface area (Å²) >= 11 is 0. The van der Waals surface area contributed by atoms with E-state index in [0.29, 0.717) is 12.2 Å². The minimum atomic E-state index is -2.84. The number of rotatable bonds is 7. The maximum absolute atomic E-state index is 12.4. The van der Waals surface area contributed by atoms with Gasteiger partial charge in [-0.15, -0.1) is 0 Å². The third-order valence-electron chi connectivity index (χ3n) is 2.94. The molecular weight excluding hydrogens is 276 g/mol. The highest BCUT2D eigenvalue weighted by molar-refractivity contribution is 5.35. The van der Waals surface area contributed by atoms with Gasteiger partial charge in [-0.05, 0) is 18.6 Å². The number of nitrogens with one attached hydrogen (secondary N) is 1. The Bertz CT molecular complexity index is 549. The molecule has 0 amide bonds. The number of halogens is 2. The molecule has 2 aromatic rings. The zero-order chi connectivity index (χ0) is 15.1. The Kier molecular flexibility index (Phi) is 5.66. The minimum absolute atomic E-state index is 0.149. The van der Waals surface area contributed by atoms with Gasteiger partial charge >= 0.3 is 6.61 Å². The van der Waals surface area contributed by atoms with Crippen LogP contribution in [0.3, 0.4) is 0 Å². The molecule has 1 N–H and O–H groups in total. The second-order valence-electron chi connectivity index (χ2n) is 4.53. The van der Waals surface area contributed by atoms with Crippen LogP contribution in [-0.2, 0) is 11.4 Å². The molecule has 2 rings (SSSR count). The van der Waals surface area contributed by atoms with E-state index in [0.717, 1.165) is 5.56 Å². The molecule has 0 heterocycles. The van der Waals surface area contributed by atoms with Crippen LogP contribution in [0.4, 0.5) is 8.78 Å². The molecule has 0 spiro atoms. The normalized spacial score (nSPS) is 12.4. The van der Waals surface area contributed by atoms with Crippen molar-refractivity contribution >= 4 is 0 Å². The van der Waals surface area contributed by atoms with Gasteiger partial charge in [0.2, 0.25) is 0 Å². The molecule has 0 saturated heterocycles. The van der Waals surface area contributed by atoms with E-state index in [2.05, 4.69) is 10.2 Å². The van der Waals surface area contributed by atoms with Crippen molar-refractivity contribution in [1.29, 1.82) is 0 Å². The molecule has 112 valence electrons. The first-order chi connectivity index (χ1) is 10.2. The lowest BCUT2D eigenvalue weighted by Crippen LogP contribution is -2.20. The number of alkyl halides is 2. The fraction of sp³-hybridized carbons (Fsp3) is 0.250. The van der Waals surface area contributed by atoms with Crippen molar-refractivity contribution < 1.29 is 18.4 Å². The lowest BCUT2D eigenvalue weighted by molar-refractivity contribution is -0.0519. The smallest absolute Gasteiger partial charge is 0.387 e. The highest BCUT2D eigenvalue weighted by atomic mass is 19.3. The molecule has 1 atom stereocenters.